The molecule has 0 aliphatic carbocycles. The van der Waals surface area contributed by atoms with Crippen LogP contribution in [-0.4, -0.2) is 13.4 Å². The van der Waals surface area contributed by atoms with E-state index in [4.69, 9.17) is 5.73 Å². The maximum atomic E-state index is 12.9. The van der Waals surface area contributed by atoms with E-state index in [-0.39, 0.29) is 16.3 Å². The third kappa shape index (κ3) is 2.65. The van der Waals surface area contributed by atoms with E-state index in [1.807, 2.05) is 0 Å². The van der Waals surface area contributed by atoms with Crippen molar-refractivity contribution >= 4 is 15.5 Å². The molecule has 2 aromatic rings. The predicted molar refractivity (Wildman–Crippen MR) is 65.9 cm³/mol. The second-order valence-corrected chi connectivity index (χ2v) is 5.76. The Morgan fingerprint density at radius 1 is 1.28 bits per heavy atom. The fraction of sp³-hybridized carbons (Fsp3) is 0.0833. The van der Waals surface area contributed by atoms with Gasteiger partial charge >= 0.3 is 0 Å². The van der Waals surface area contributed by atoms with Crippen molar-refractivity contribution in [2.75, 3.05) is 5.73 Å². The third-order valence-electron chi connectivity index (χ3n) is 2.39. The van der Waals surface area contributed by atoms with Gasteiger partial charge in [0.15, 0.2) is 9.84 Å². The summed E-state index contributed by atoms with van der Waals surface area (Å²) < 4.78 is 37.1. The van der Waals surface area contributed by atoms with Crippen molar-refractivity contribution in [2.24, 2.45) is 0 Å². The lowest BCUT2D eigenvalue weighted by molar-refractivity contribution is 0.594. The third-order valence-corrected chi connectivity index (χ3v) is 4.14. The van der Waals surface area contributed by atoms with Gasteiger partial charge in [-0.15, -0.1) is 0 Å². The van der Waals surface area contributed by atoms with Gasteiger partial charge in [-0.3, -0.25) is 4.98 Å². The van der Waals surface area contributed by atoms with Gasteiger partial charge in [0.25, 0.3) is 0 Å². The molecule has 0 spiro atoms. The van der Waals surface area contributed by atoms with E-state index >= 15 is 0 Å². The second-order valence-electron chi connectivity index (χ2n) is 3.80. The molecule has 0 atom stereocenters. The lowest BCUT2D eigenvalue weighted by Gasteiger charge is -2.07. The molecule has 6 heteroatoms. The summed E-state index contributed by atoms with van der Waals surface area (Å²) in [5.41, 5.74) is 6.00. The maximum absolute atomic E-state index is 12.9. The molecule has 0 aliphatic heterocycles. The first-order valence-electron chi connectivity index (χ1n) is 5.16. The fourth-order valence-corrected chi connectivity index (χ4v) is 3.04. The first kappa shape index (κ1) is 12.5. The summed E-state index contributed by atoms with van der Waals surface area (Å²) in [6.45, 7) is 0. The molecule has 0 saturated heterocycles. The Bertz CT molecular complexity index is 657. The topological polar surface area (TPSA) is 73.1 Å². The van der Waals surface area contributed by atoms with Gasteiger partial charge in [0, 0.05) is 12.4 Å². The lowest BCUT2D eigenvalue weighted by Crippen LogP contribution is -2.08. The standard InChI is InChI=1S/C12H11FN2O2S/c13-10-3-4-12(11(14)6-10)18(16,17)8-9-2-1-5-15-7-9/h1-7H,8,14H2. The Morgan fingerprint density at radius 2 is 2.06 bits per heavy atom. The molecule has 0 bridgehead atoms. The smallest absolute Gasteiger partial charge is 0.184 e. The molecule has 0 radical (unpaired) electrons. The molecule has 94 valence electrons. The number of benzene rings is 1. The monoisotopic (exact) mass is 266 g/mol. The van der Waals surface area contributed by atoms with Gasteiger partial charge < -0.3 is 5.73 Å². The molecular weight excluding hydrogens is 255 g/mol. The molecule has 0 aliphatic rings. The van der Waals surface area contributed by atoms with Crippen molar-refractivity contribution in [3.63, 3.8) is 0 Å². The molecular formula is C12H11FN2O2S. The zero-order valence-electron chi connectivity index (χ0n) is 9.38. The Kier molecular flexibility index (Phi) is 3.29. The maximum Gasteiger partial charge on any atom is 0.184 e. The molecule has 1 aromatic heterocycles. The number of hydrogen-bond acceptors (Lipinski definition) is 4. The van der Waals surface area contributed by atoms with Crippen LogP contribution in [0.1, 0.15) is 5.56 Å². The van der Waals surface area contributed by atoms with Gasteiger partial charge in [0.05, 0.1) is 16.3 Å². The summed E-state index contributed by atoms with van der Waals surface area (Å²) in [5.74, 6) is -0.774. The van der Waals surface area contributed by atoms with Crippen LogP contribution < -0.4 is 5.73 Å². The minimum Gasteiger partial charge on any atom is -0.398 e. The number of nitrogens with two attached hydrogens (primary N) is 1. The van der Waals surface area contributed by atoms with Gasteiger partial charge in [-0.1, -0.05) is 6.07 Å². The summed E-state index contributed by atoms with van der Waals surface area (Å²) in [6.07, 6.45) is 3.03. The van der Waals surface area contributed by atoms with Gasteiger partial charge in [-0.25, -0.2) is 12.8 Å². The first-order valence-corrected chi connectivity index (χ1v) is 6.81. The van der Waals surface area contributed by atoms with Crippen molar-refractivity contribution in [1.82, 2.24) is 4.98 Å². The molecule has 18 heavy (non-hydrogen) atoms. The quantitative estimate of drug-likeness (QED) is 0.679. The van der Waals surface area contributed by atoms with E-state index < -0.39 is 15.7 Å². The van der Waals surface area contributed by atoms with Crippen LogP contribution in [0, 0.1) is 5.82 Å². The molecule has 0 amide bonds. The van der Waals surface area contributed by atoms with Crippen LogP contribution in [0.5, 0.6) is 0 Å². The van der Waals surface area contributed by atoms with Crippen molar-refractivity contribution in [3.8, 4) is 0 Å². The molecule has 0 unspecified atom stereocenters. The van der Waals surface area contributed by atoms with Gasteiger partial charge in [-0.05, 0) is 29.8 Å². The summed E-state index contributed by atoms with van der Waals surface area (Å²) >= 11 is 0. The van der Waals surface area contributed by atoms with Crippen LogP contribution >= 0.6 is 0 Å². The molecule has 4 nitrogen and oxygen atoms in total. The highest BCUT2D eigenvalue weighted by Crippen LogP contribution is 2.22. The number of halogens is 1. The van der Waals surface area contributed by atoms with Crippen molar-refractivity contribution in [3.05, 3.63) is 54.1 Å². The predicted octanol–water partition coefficient (Wildman–Crippen LogP) is 1.78. The number of rotatable bonds is 3. The summed E-state index contributed by atoms with van der Waals surface area (Å²) in [4.78, 5) is 3.78. The molecule has 1 aromatic carbocycles. The summed E-state index contributed by atoms with van der Waals surface area (Å²) in [7, 11) is -3.59. The highest BCUT2D eigenvalue weighted by Gasteiger charge is 2.18. The SMILES string of the molecule is Nc1cc(F)ccc1S(=O)(=O)Cc1cccnc1. The number of nitrogen functional groups attached to an aromatic ring is 1. The van der Waals surface area contributed by atoms with Gasteiger partial charge in [-0.2, -0.15) is 0 Å². The van der Waals surface area contributed by atoms with Crippen molar-refractivity contribution < 1.29 is 12.8 Å². The van der Waals surface area contributed by atoms with Crippen LogP contribution in [0.15, 0.2) is 47.6 Å². The number of pyridine rings is 1. The number of nitrogens with zero attached hydrogens (tertiary/aromatic N) is 1. The first-order chi connectivity index (χ1) is 8.49. The highest BCUT2D eigenvalue weighted by molar-refractivity contribution is 7.90. The Hall–Kier alpha value is -1.95. The van der Waals surface area contributed by atoms with E-state index in [0.29, 0.717) is 5.56 Å². The molecule has 2 rings (SSSR count). The minimum absolute atomic E-state index is 0.0623. The van der Waals surface area contributed by atoms with Crippen LogP contribution in [0.25, 0.3) is 0 Å². The average Bonchev–Trinajstić information content (AvgIpc) is 2.29. The van der Waals surface area contributed by atoms with E-state index in [9.17, 15) is 12.8 Å². The lowest BCUT2D eigenvalue weighted by atomic mass is 10.3. The van der Waals surface area contributed by atoms with Crippen molar-refractivity contribution in [1.29, 1.82) is 0 Å². The normalized spacial score (nSPS) is 11.4. The summed E-state index contributed by atoms with van der Waals surface area (Å²) in [6, 6.07) is 6.56. The average molecular weight is 266 g/mol. The molecule has 0 fully saturated rings. The van der Waals surface area contributed by atoms with Gasteiger partial charge in [0.2, 0.25) is 0 Å². The van der Waals surface area contributed by atoms with Crippen LogP contribution in [0.2, 0.25) is 0 Å². The Labute approximate surface area is 104 Å². The Morgan fingerprint density at radius 3 is 2.67 bits per heavy atom. The van der Waals surface area contributed by atoms with Crippen LogP contribution in [0.4, 0.5) is 10.1 Å². The number of aromatic nitrogens is 1. The minimum atomic E-state index is -3.59. The van der Waals surface area contributed by atoms with Crippen LogP contribution in [0.3, 0.4) is 0 Å². The zero-order valence-corrected chi connectivity index (χ0v) is 10.2. The number of sulfone groups is 1. The molecule has 1 heterocycles. The number of hydrogen-bond donors (Lipinski definition) is 1. The molecule has 2 N–H and O–H groups in total. The number of anilines is 1. The fourth-order valence-electron chi connectivity index (χ4n) is 1.58. The molecule has 0 saturated carbocycles. The Balaban J connectivity index is 2.37. The van der Waals surface area contributed by atoms with E-state index in [1.165, 1.54) is 12.3 Å². The highest BCUT2D eigenvalue weighted by atomic mass is 32.2. The van der Waals surface area contributed by atoms with Gasteiger partial charge in [0.1, 0.15) is 5.82 Å². The van der Waals surface area contributed by atoms with E-state index in [2.05, 4.69) is 4.98 Å². The zero-order chi connectivity index (χ0) is 13.2. The van der Waals surface area contributed by atoms with Crippen molar-refractivity contribution in [2.45, 2.75) is 10.6 Å². The van der Waals surface area contributed by atoms with E-state index in [1.54, 1.807) is 18.3 Å². The largest absolute Gasteiger partial charge is 0.398 e. The second kappa shape index (κ2) is 4.73. The summed E-state index contributed by atoms with van der Waals surface area (Å²) in [5, 5.41) is 0. The van der Waals surface area contributed by atoms with Crippen LogP contribution in [-0.2, 0) is 15.6 Å². The van der Waals surface area contributed by atoms with E-state index in [0.717, 1.165) is 12.1 Å².